The van der Waals surface area contributed by atoms with Gasteiger partial charge in [-0.3, -0.25) is 9.08 Å². The average Bonchev–Trinajstić information content (AvgIpc) is 3.40. The van der Waals surface area contributed by atoms with Crippen molar-refractivity contribution in [1.82, 2.24) is 29.4 Å². The normalized spacial score (nSPS) is 12.0. The lowest BCUT2D eigenvalue weighted by Gasteiger charge is -2.18. The van der Waals surface area contributed by atoms with Gasteiger partial charge in [0, 0.05) is 34.8 Å². The summed E-state index contributed by atoms with van der Waals surface area (Å²) in [5, 5.41) is 18.0. The highest BCUT2D eigenvalue weighted by Gasteiger charge is 2.17. The van der Waals surface area contributed by atoms with Crippen LogP contribution in [-0.4, -0.2) is 36.4 Å². The van der Waals surface area contributed by atoms with Crippen LogP contribution in [0.2, 0.25) is 5.02 Å². The van der Waals surface area contributed by atoms with Crippen molar-refractivity contribution in [2.45, 2.75) is 26.3 Å². The molecular weight excluding hydrogens is 410 g/mol. The summed E-state index contributed by atoms with van der Waals surface area (Å²) in [4.78, 5) is 4.63. The average molecular weight is 432 g/mol. The first kappa shape index (κ1) is 19.5. The Balaban J connectivity index is 1.69. The molecule has 0 saturated carbocycles. The number of hydrogen-bond donors (Lipinski definition) is 1. The molecule has 3 heterocycles. The van der Waals surface area contributed by atoms with E-state index in [1.54, 1.807) is 0 Å². The standard InChI is InChI=1S/C23H22ClN7/c1-23(2,3)30-13-16(12-26-30)14-6-5-7-15(10-14)21-28-29-22-27-20(25-4)18-9-8-17(24)11-19(18)31(21)22/h5-13H,1-4H3,(H,25,27,29). The summed E-state index contributed by atoms with van der Waals surface area (Å²) in [6.45, 7) is 6.39. The van der Waals surface area contributed by atoms with Crippen LogP contribution in [-0.2, 0) is 5.54 Å². The van der Waals surface area contributed by atoms with Crippen LogP contribution in [0.4, 0.5) is 5.82 Å². The fraction of sp³-hybridized carbons (Fsp3) is 0.217. The number of halogens is 1. The zero-order valence-corrected chi connectivity index (χ0v) is 18.5. The van der Waals surface area contributed by atoms with Gasteiger partial charge in [-0.25, -0.2) is 0 Å². The van der Waals surface area contributed by atoms with E-state index in [-0.39, 0.29) is 5.54 Å². The summed E-state index contributed by atoms with van der Waals surface area (Å²) < 4.78 is 3.92. The summed E-state index contributed by atoms with van der Waals surface area (Å²) in [5.41, 5.74) is 3.87. The van der Waals surface area contributed by atoms with Crippen LogP contribution >= 0.6 is 11.6 Å². The van der Waals surface area contributed by atoms with E-state index in [4.69, 9.17) is 11.6 Å². The van der Waals surface area contributed by atoms with E-state index in [0.29, 0.717) is 16.6 Å². The van der Waals surface area contributed by atoms with Crippen molar-refractivity contribution < 1.29 is 0 Å². The van der Waals surface area contributed by atoms with E-state index in [0.717, 1.165) is 33.4 Å². The van der Waals surface area contributed by atoms with Crippen LogP contribution in [0.1, 0.15) is 20.8 Å². The summed E-state index contributed by atoms with van der Waals surface area (Å²) in [7, 11) is 1.84. The molecule has 8 heteroatoms. The molecular formula is C23H22ClN7. The monoisotopic (exact) mass is 431 g/mol. The SMILES string of the molecule is CNc1nc2nnc(-c3cccc(-c4cnn(C(C)(C)C)c4)c3)n2c2cc(Cl)ccc12. The van der Waals surface area contributed by atoms with Gasteiger partial charge >= 0.3 is 0 Å². The quantitative estimate of drug-likeness (QED) is 0.422. The van der Waals surface area contributed by atoms with E-state index in [2.05, 4.69) is 64.7 Å². The van der Waals surface area contributed by atoms with Gasteiger partial charge in [-0.05, 0) is 50.6 Å². The molecule has 156 valence electrons. The molecule has 5 rings (SSSR count). The second-order valence-electron chi connectivity index (χ2n) is 8.46. The molecule has 0 atom stereocenters. The van der Waals surface area contributed by atoms with Gasteiger partial charge < -0.3 is 5.32 Å². The fourth-order valence-corrected chi connectivity index (χ4v) is 3.84. The summed E-state index contributed by atoms with van der Waals surface area (Å²) in [6, 6.07) is 13.9. The maximum absolute atomic E-state index is 6.32. The number of nitrogens with one attached hydrogen (secondary N) is 1. The van der Waals surface area contributed by atoms with E-state index >= 15 is 0 Å². The van der Waals surface area contributed by atoms with Crippen LogP contribution in [0.15, 0.2) is 54.9 Å². The Hall–Kier alpha value is -3.45. The number of benzene rings is 2. The van der Waals surface area contributed by atoms with Crippen LogP contribution < -0.4 is 5.32 Å². The Morgan fingerprint density at radius 3 is 2.52 bits per heavy atom. The summed E-state index contributed by atoms with van der Waals surface area (Å²) in [6.07, 6.45) is 3.96. The van der Waals surface area contributed by atoms with E-state index in [9.17, 15) is 0 Å². The van der Waals surface area contributed by atoms with Gasteiger partial charge in [-0.15, -0.1) is 10.2 Å². The molecule has 0 spiro atoms. The molecule has 0 unspecified atom stereocenters. The van der Waals surface area contributed by atoms with Gasteiger partial charge in [0.05, 0.1) is 17.3 Å². The maximum atomic E-state index is 6.32. The topological polar surface area (TPSA) is 72.9 Å². The van der Waals surface area contributed by atoms with E-state index < -0.39 is 0 Å². The Labute approximate surface area is 184 Å². The first-order chi connectivity index (χ1) is 14.8. The van der Waals surface area contributed by atoms with Crippen LogP contribution in [0, 0.1) is 0 Å². The lowest BCUT2D eigenvalue weighted by Crippen LogP contribution is -2.21. The number of hydrogen-bond acceptors (Lipinski definition) is 5. The third-order valence-corrected chi connectivity index (χ3v) is 5.51. The van der Waals surface area contributed by atoms with Gasteiger partial charge in [0.25, 0.3) is 5.78 Å². The molecule has 0 fully saturated rings. The number of rotatable bonds is 3. The highest BCUT2D eigenvalue weighted by molar-refractivity contribution is 6.31. The molecule has 0 radical (unpaired) electrons. The molecule has 3 aromatic heterocycles. The van der Waals surface area contributed by atoms with E-state index in [1.807, 2.05) is 52.7 Å². The van der Waals surface area contributed by atoms with Gasteiger partial charge in [-0.1, -0.05) is 29.8 Å². The minimum absolute atomic E-state index is 0.0755. The molecule has 5 aromatic rings. The second-order valence-corrected chi connectivity index (χ2v) is 8.89. The van der Waals surface area contributed by atoms with Crippen molar-refractivity contribution in [1.29, 1.82) is 0 Å². The van der Waals surface area contributed by atoms with Gasteiger partial charge in [-0.2, -0.15) is 10.1 Å². The lowest BCUT2D eigenvalue weighted by atomic mass is 10.1. The van der Waals surface area contributed by atoms with Gasteiger partial charge in [0.15, 0.2) is 5.82 Å². The highest BCUT2D eigenvalue weighted by atomic mass is 35.5. The van der Waals surface area contributed by atoms with Gasteiger partial charge in [0.2, 0.25) is 0 Å². The molecule has 0 saturated heterocycles. The highest BCUT2D eigenvalue weighted by Crippen LogP contribution is 2.31. The molecule has 0 aliphatic carbocycles. The van der Waals surface area contributed by atoms with Crippen molar-refractivity contribution >= 4 is 34.1 Å². The predicted molar refractivity (Wildman–Crippen MR) is 124 cm³/mol. The van der Waals surface area contributed by atoms with E-state index in [1.165, 1.54) is 0 Å². The lowest BCUT2D eigenvalue weighted by molar-refractivity contribution is 0.355. The summed E-state index contributed by atoms with van der Waals surface area (Å²) >= 11 is 6.32. The largest absolute Gasteiger partial charge is 0.372 e. The molecule has 0 amide bonds. The van der Waals surface area contributed by atoms with Gasteiger partial charge in [0.1, 0.15) is 5.82 Å². The molecule has 0 bridgehead atoms. The smallest absolute Gasteiger partial charge is 0.257 e. The maximum Gasteiger partial charge on any atom is 0.257 e. The first-order valence-electron chi connectivity index (χ1n) is 10.0. The van der Waals surface area contributed by atoms with Crippen molar-refractivity contribution in [3.8, 4) is 22.5 Å². The number of aromatic nitrogens is 6. The molecule has 31 heavy (non-hydrogen) atoms. The molecule has 0 aliphatic heterocycles. The number of nitrogens with zero attached hydrogens (tertiary/aromatic N) is 6. The molecule has 0 aliphatic rings. The minimum Gasteiger partial charge on any atom is -0.372 e. The van der Waals surface area contributed by atoms with Crippen LogP contribution in [0.5, 0.6) is 0 Å². The Morgan fingerprint density at radius 2 is 1.77 bits per heavy atom. The van der Waals surface area contributed by atoms with Crippen molar-refractivity contribution in [3.63, 3.8) is 0 Å². The van der Waals surface area contributed by atoms with Crippen LogP contribution in [0.25, 0.3) is 39.2 Å². The zero-order chi connectivity index (χ0) is 21.8. The third-order valence-electron chi connectivity index (χ3n) is 5.27. The zero-order valence-electron chi connectivity index (χ0n) is 17.8. The van der Waals surface area contributed by atoms with Crippen molar-refractivity contribution in [2.75, 3.05) is 12.4 Å². The molecule has 1 N–H and O–H groups in total. The minimum atomic E-state index is -0.0755. The summed E-state index contributed by atoms with van der Waals surface area (Å²) in [5.74, 6) is 1.96. The van der Waals surface area contributed by atoms with Crippen molar-refractivity contribution in [3.05, 3.63) is 59.9 Å². The molecule has 7 nitrogen and oxygen atoms in total. The van der Waals surface area contributed by atoms with Crippen LogP contribution in [0.3, 0.4) is 0 Å². The fourth-order valence-electron chi connectivity index (χ4n) is 3.67. The molecule has 2 aromatic carbocycles. The number of fused-ring (bicyclic) bond motifs is 3. The third kappa shape index (κ3) is 3.31. The Kier molecular flexibility index (Phi) is 4.44. The Bertz CT molecular complexity index is 1430. The Morgan fingerprint density at radius 1 is 0.968 bits per heavy atom. The number of anilines is 1. The predicted octanol–water partition coefficient (Wildman–Crippen LogP) is 5.26. The second kappa shape index (κ2) is 7.06. The van der Waals surface area contributed by atoms with Crippen molar-refractivity contribution in [2.24, 2.45) is 0 Å². The first-order valence-corrected chi connectivity index (χ1v) is 10.4.